The van der Waals surface area contributed by atoms with E-state index >= 15 is 0 Å². The summed E-state index contributed by atoms with van der Waals surface area (Å²) in [6.07, 6.45) is 0. The van der Waals surface area contributed by atoms with E-state index in [1.165, 1.54) is 6.07 Å². The van der Waals surface area contributed by atoms with Gasteiger partial charge >= 0.3 is 0 Å². The lowest BCUT2D eigenvalue weighted by atomic mass is 10.3. The monoisotopic (exact) mass is 392 g/mol. The van der Waals surface area contributed by atoms with E-state index in [1.807, 2.05) is 13.0 Å². The van der Waals surface area contributed by atoms with Crippen LogP contribution in [0.5, 0.6) is 5.75 Å². The van der Waals surface area contributed by atoms with Gasteiger partial charge in [0.05, 0.1) is 10.2 Å². The van der Waals surface area contributed by atoms with Crippen LogP contribution in [0, 0.1) is 13.0 Å². The first kappa shape index (κ1) is 10.5. The highest BCUT2D eigenvalue weighted by Gasteiger charge is 2.08. The minimum Gasteiger partial charge on any atom is -0.490 e. The fourth-order valence-electron chi connectivity index (χ4n) is 0.811. The Kier molecular flexibility index (Phi) is 4.01. The second-order valence-electron chi connectivity index (χ2n) is 2.13. The third-order valence-electron chi connectivity index (χ3n) is 1.25. The third-order valence-corrected chi connectivity index (χ3v) is 2.68. The summed E-state index contributed by atoms with van der Waals surface area (Å²) in [5, 5.41) is 0. The van der Waals surface area contributed by atoms with Gasteiger partial charge in [0, 0.05) is 3.57 Å². The molecule has 0 spiro atoms. The quantitative estimate of drug-likeness (QED) is 0.702. The van der Waals surface area contributed by atoms with Gasteiger partial charge in [0.2, 0.25) is 0 Å². The van der Waals surface area contributed by atoms with Gasteiger partial charge in [0.25, 0.3) is 0 Å². The molecule has 0 atom stereocenters. The molecule has 66 valence electrons. The minimum atomic E-state index is -0.284. The van der Waals surface area contributed by atoms with Crippen LogP contribution in [0.1, 0.15) is 6.92 Å². The molecule has 0 aliphatic carbocycles. The first-order valence-corrected chi connectivity index (χ1v) is 5.58. The van der Waals surface area contributed by atoms with Crippen LogP contribution >= 0.6 is 45.2 Å². The lowest BCUT2D eigenvalue weighted by molar-refractivity contribution is 0.319. The fourth-order valence-corrected chi connectivity index (χ4v) is 2.74. The molecule has 4 heteroatoms. The maximum Gasteiger partial charge on any atom is 0.168 e. The molecule has 0 heterocycles. The molecule has 0 aliphatic heterocycles. The SMILES string of the molecule is CCOc1c(F)cc(I)cc1I. The van der Waals surface area contributed by atoms with Crippen molar-refractivity contribution in [1.29, 1.82) is 0 Å². The van der Waals surface area contributed by atoms with Gasteiger partial charge in [-0.05, 0) is 64.2 Å². The molecule has 0 saturated heterocycles. The van der Waals surface area contributed by atoms with Gasteiger partial charge in [-0.3, -0.25) is 0 Å². The van der Waals surface area contributed by atoms with Crippen LogP contribution in [0.2, 0.25) is 0 Å². The van der Waals surface area contributed by atoms with Gasteiger partial charge in [-0.15, -0.1) is 0 Å². The highest BCUT2D eigenvalue weighted by molar-refractivity contribution is 14.1. The molecule has 0 aliphatic rings. The van der Waals surface area contributed by atoms with Crippen molar-refractivity contribution in [3.05, 3.63) is 25.1 Å². The van der Waals surface area contributed by atoms with Crippen molar-refractivity contribution in [3.63, 3.8) is 0 Å². The van der Waals surface area contributed by atoms with Crippen molar-refractivity contribution in [3.8, 4) is 5.75 Å². The summed E-state index contributed by atoms with van der Waals surface area (Å²) >= 11 is 4.14. The van der Waals surface area contributed by atoms with Crippen molar-refractivity contribution < 1.29 is 9.13 Å². The summed E-state index contributed by atoms with van der Waals surface area (Å²) in [4.78, 5) is 0. The van der Waals surface area contributed by atoms with Crippen LogP contribution in [-0.2, 0) is 0 Å². The Labute approximate surface area is 98.0 Å². The van der Waals surface area contributed by atoms with Crippen LogP contribution in [0.15, 0.2) is 12.1 Å². The summed E-state index contributed by atoms with van der Waals surface area (Å²) in [5.74, 6) is 0.0756. The predicted octanol–water partition coefficient (Wildman–Crippen LogP) is 3.43. The molecular weight excluding hydrogens is 385 g/mol. The van der Waals surface area contributed by atoms with Gasteiger partial charge in [0.15, 0.2) is 11.6 Å². The first-order valence-electron chi connectivity index (χ1n) is 3.42. The number of hydrogen-bond acceptors (Lipinski definition) is 1. The molecule has 0 radical (unpaired) electrons. The zero-order valence-corrected chi connectivity index (χ0v) is 10.7. The van der Waals surface area contributed by atoms with E-state index < -0.39 is 0 Å². The largest absolute Gasteiger partial charge is 0.490 e. The van der Waals surface area contributed by atoms with Crippen LogP contribution < -0.4 is 4.74 Å². The van der Waals surface area contributed by atoms with Crippen molar-refractivity contribution in [1.82, 2.24) is 0 Å². The smallest absolute Gasteiger partial charge is 0.168 e. The van der Waals surface area contributed by atoms with E-state index in [0.717, 1.165) is 7.14 Å². The number of hydrogen-bond donors (Lipinski definition) is 0. The van der Waals surface area contributed by atoms with Crippen LogP contribution in [0.4, 0.5) is 4.39 Å². The molecule has 0 N–H and O–H groups in total. The van der Waals surface area contributed by atoms with E-state index in [9.17, 15) is 4.39 Å². The average Bonchev–Trinajstić information content (AvgIpc) is 1.96. The van der Waals surface area contributed by atoms with Gasteiger partial charge < -0.3 is 4.74 Å². The summed E-state index contributed by atoms with van der Waals surface area (Å²) in [6.45, 7) is 2.33. The molecule has 0 saturated carbocycles. The summed E-state index contributed by atoms with van der Waals surface area (Å²) in [7, 11) is 0. The lowest BCUT2D eigenvalue weighted by Crippen LogP contribution is -1.97. The Hall–Kier alpha value is 0.410. The zero-order chi connectivity index (χ0) is 9.14. The molecule has 0 amide bonds. The molecule has 0 bridgehead atoms. The van der Waals surface area contributed by atoms with Crippen LogP contribution in [-0.4, -0.2) is 6.61 Å². The van der Waals surface area contributed by atoms with Gasteiger partial charge in [-0.2, -0.15) is 0 Å². The third kappa shape index (κ3) is 2.45. The highest BCUT2D eigenvalue weighted by atomic mass is 127. The van der Waals surface area contributed by atoms with Gasteiger partial charge in [-0.25, -0.2) is 4.39 Å². The Balaban J connectivity index is 3.10. The fraction of sp³-hybridized carbons (Fsp3) is 0.250. The molecular formula is C8H7FI2O. The maximum atomic E-state index is 13.2. The van der Waals surface area contributed by atoms with Crippen LogP contribution in [0.3, 0.4) is 0 Å². The predicted molar refractivity (Wildman–Crippen MR) is 63.0 cm³/mol. The molecule has 0 fully saturated rings. The van der Waals surface area contributed by atoms with Crippen molar-refractivity contribution in [2.45, 2.75) is 6.92 Å². The zero-order valence-electron chi connectivity index (χ0n) is 6.40. The van der Waals surface area contributed by atoms with E-state index in [2.05, 4.69) is 45.2 Å². The molecule has 1 rings (SSSR count). The Morgan fingerprint density at radius 2 is 2.08 bits per heavy atom. The van der Waals surface area contributed by atoms with Crippen molar-refractivity contribution in [2.24, 2.45) is 0 Å². The number of rotatable bonds is 2. The average molecular weight is 392 g/mol. The second-order valence-corrected chi connectivity index (χ2v) is 4.54. The number of halogens is 3. The molecule has 1 aromatic rings. The highest BCUT2D eigenvalue weighted by Crippen LogP contribution is 2.26. The maximum absolute atomic E-state index is 13.2. The Bertz CT molecular complexity index is 265. The van der Waals surface area contributed by atoms with E-state index in [1.54, 1.807) is 0 Å². The van der Waals surface area contributed by atoms with Crippen molar-refractivity contribution >= 4 is 45.2 Å². The molecule has 0 unspecified atom stereocenters. The summed E-state index contributed by atoms with van der Waals surface area (Å²) < 4.78 is 20.0. The first-order chi connectivity index (χ1) is 5.65. The van der Waals surface area contributed by atoms with Crippen LogP contribution in [0.25, 0.3) is 0 Å². The number of ether oxygens (including phenoxy) is 1. The molecule has 12 heavy (non-hydrogen) atoms. The molecule has 1 aromatic carbocycles. The second kappa shape index (κ2) is 4.59. The number of benzene rings is 1. The topological polar surface area (TPSA) is 9.23 Å². The van der Waals surface area contributed by atoms with E-state index in [0.29, 0.717) is 12.4 Å². The molecule has 1 nitrogen and oxygen atoms in total. The Morgan fingerprint density at radius 3 is 2.58 bits per heavy atom. The molecule has 0 aromatic heterocycles. The lowest BCUT2D eigenvalue weighted by Gasteiger charge is -2.06. The van der Waals surface area contributed by atoms with Gasteiger partial charge in [0.1, 0.15) is 0 Å². The van der Waals surface area contributed by atoms with Crippen molar-refractivity contribution in [2.75, 3.05) is 6.61 Å². The van der Waals surface area contributed by atoms with E-state index in [-0.39, 0.29) is 5.82 Å². The summed E-state index contributed by atoms with van der Waals surface area (Å²) in [5.41, 5.74) is 0. The standard InChI is InChI=1S/C8H7FI2O/c1-2-12-8-6(9)3-5(10)4-7(8)11/h3-4H,2H2,1H3. The normalized spacial score (nSPS) is 10.0. The summed E-state index contributed by atoms with van der Waals surface area (Å²) in [6, 6.07) is 3.35. The van der Waals surface area contributed by atoms with E-state index in [4.69, 9.17) is 4.74 Å². The minimum absolute atomic E-state index is 0.284. The van der Waals surface area contributed by atoms with Gasteiger partial charge in [-0.1, -0.05) is 0 Å². The Morgan fingerprint density at radius 1 is 1.42 bits per heavy atom.